The van der Waals surface area contributed by atoms with Gasteiger partial charge in [0.05, 0.1) is 0 Å². The average Bonchev–Trinajstić information content (AvgIpc) is 2.45. The average molecular weight is 274 g/mol. The molecule has 20 heavy (non-hydrogen) atoms. The predicted molar refractivity (Wildman–Crippen MR) is 88.5 cm³/mol. The summed E-state index contributed by atoms with van der Waals surface area (Å²) in [5, 5.41) is 3.76. The Morgan fingerprint density at radius 3 is 2.60 bits per heavy atom. The van der Waals surface area contributed by atoms with E-state index in [0.717, 1.165) is 31.6 Å². The monoisotopic (exact) mass is 274 g/mol. The summed E-state index contributed by atoms with van der Waals surface area (Å²) < 4.78 is 0. The van der Waals surface area contributed by atoms with Crippen molar-refractivity contribution >= 4 is 5.69 Å². The Morgan fingerprint density at radius 1 is 1.20 bits per heavy atom. The number of rotatable bonds is 6. The van der Waals surface area contributed by atoms with E-state index in [9.17, 15) is 0 Å². The maximum atomic E-state index is 3.76. The number of anilines is 1. The highest BCUT2D eigenvalue weighted by Crippen LogP contribution is 2.23. The van der Waals surface area contributed by atoms with Gasteiger partial charge in [0.15, 0.2) is 0 Å². The largest absolute Gasteiger partial charge is 0.371 e. The van der Waals surface area contributed by atoms with Gasteiger partial charge in [-0.05, 0) is 44.7 Å². The van der Waals surface area contributed by atoms with Crippen molar-refractivity contribution < 1.29 is 0 Å². The summed E-state index contributed by atoms with van der Waals surface area (Å²) >= 11 is 0. The summed E-state index contributed by atoms with van der Waals surface area (Å²) in [5.41, 5.74) is 2.68. The molecule has 1 aliphatic rings. The maximum Gasteiger partial charge on any atom is 0.0366 e. The minimum atomic E-state index is 0.746. The van der Waals surface area contributed by atoms with Crippen molar-refractivity contribution in [2.75, 3.05) is 24.5 Å². The first-order valence-corrected chi connectivity index (χ1v) is 8.24. The molecule has 2 heteroatoms. The van der Waals surface area contributed by atoms with Crippen molar-refractivity contribution in [3.8, 4) is 0 Å². The number of hydrogen-bond acceptors (Lipinski definition) is 2. The van der Waals surface area contributed by atoms with E-state index in [1.807, 2.05) is 0 Å². The van der Waals surface area contributed by atoms with Crippen LogP contribution >= 0.6 is 0 Å². The molecule has 1 N–H and O–H groups in total. The molecule has 0 aromatic heterocycles. The van der Waals surface area contributed by atoms with Crippen LogP contribution in [0.3, 0.4) is 0 Å². The molecule has 2 atom stereocenters. The molecular formula is C18H30N2. The third-order valence-electron chi connectivity index (χ3n) is 4.53. The van der Waals surface area contributed by atoms with Crippen LogP contribution in [0.15, 0.2) is 24.3 Å². The van der Waals surface area contributed by atoms with Gasteiger partial charge in [-0.3, -0.25) is 0 Å². The highest BCUT2D eigenvalue weighted by Gasteiger charge is 2.18. The van der Waals surface area contributed by atoms with E-state index in [0.29, 0.717) is 0 Å². The molecule has 0 heterocycles. The molecule has 1 aromatic carbocycles. The number of nitrogens with zero attached hydrogens (tertiary/aromatic N) is 1. The Labute approximate surface area is 124 Å². The first kappa shape index (κ1) is 15.4. The lowest BCUT2D eigenvalue weighted by Gasteiger charge is -2.29. The normalized spacial score (nSPS) is 22.8. The second kappa shape index (κ2) is 7.68. The van der Waals surface area contributed by atoms with Gasteiger partial charge in [-0.1, -0.05) is 37.5 Å². The Balaban J connectivity index is 1.77. The van der Waals surface area contributed by atoms with Crippen LogP contribution in [0, 0.1) is 12.8 Å². The lowest BCUT2D eigenvalue weighted by molar-refractivity contribution is 0.303. The van der Waals surface area contributed by atoms with E-state index in [-0.39, 0.29) is 0 Å². The Morgan fingerprint density at radius 2 is 1.95 bits per heavy atom. The van der Waals surface area contributed by atoms with Gasteiger partial charge >= 0.3 is 0 Å². The number of likely N-dealkylation sites (N-methyl/N-ethyl adjacent to an activating group) is 1. The summed E-state index contributed by atoms with van der Waals surface area (Å²) in [6, 6.07) is 9.63. The van der Waals surface area contributed by atoms with Crippen molar-refractivity contribution in [1.82, 2.24) is 5.32 Å². The van der Waals surface area contributed by atoms with Gasteiger partial charge in [-0.25, -0.2) is 0 Å². The van der Waals surface area contributed by atoms with Crippen molar-refractivity contribution in [2.24, 2.45) is 5.92 Å². The first-order chi connectivity index (χ1) is 9.69. The number of hydrogen-bond donors (Lipinski definition) is 1. The Kier molecular flexibility index (Phi) is 5.90. The molecule has 0 saturated heterocycles. The van der Waals surface area contributed by atoms with Crippen LogP contribution in [0.4, 0.5) is 5.69 Å². The molecule has 1 saturated carbocycles. The molecule has 0 aliphatic heterocycles. The van der Waals surface area contributed by atoms with Crippen molar-refractivity contribution in [3.05, 3.63) is 29.8 Å². The minimum absolute atomic E-state index is 0.746. The Bertz CT molecular complexity index is 385. The Hall–Kier alpha value is -1.02. The fourth-order valence-corrected chi connectivity index (χ4v) is 3.25. The fourth-order valence-electron chi connectivity index (χ4n) is 3.25. The van der Waals surface area contributed by atoms with Crippen LogP contribution in [0.25, 0.3) is 0 Å². The third kappa shape index (κ3) is 4.52. The van der Waals surface area contributed by atoms with Gasteiger partial charge in [0.1, 0.15) is 0 Å². The van der Waals surface area contributed by atoms with Gasteiger partial charge in [-0.15, -0.1) is 0 Å². The summed E-state index contributed by atoms with van der Waals surface area (Å²) in [4.78, 5) is 2.46. The van der Waals surface area contributed by atoms with Crippen LogP contribution in [0.2, 0.25) is 0 Å². The van der Waals surface area contributed by atoms with Gasteiger partial charge in [0.25, 0.3) is 0 Å². The molecule has 0 radical (unpaired) electrons. The molecule has 1 aliphatic carbocycles. The highest BCUT2D eigenvalue weighted by molar-refractivity contribution is 5.47. The summed E-state index contributed by atoms with van der Waals surface area (Å²) in [5.74, 6) is 0.903. The second-order valence-corrected chi connectivity index (χ2v) is 6.34. The van der Waals surface area contributed by atoms with E-state index < -0.39 is 0 Å². The molecule has 2 unspecified atom stereocenters. The summed E-state index contributed by atoms with van der Waals surface area (Å²) in [6.45, 7) is 10.0. The van der Waals surface area contributed by atoms with Gasteiger partial charge in [0, 0.05) is 31.4 Å². The zero-order chi connectivity index (χ0) is 14.4. The standard InChI is InChI=1S/C18H30N2/c1-4-20(18-10-8-15(2)9-11-18)13-12-19-17-7-5-6-16(3)14-17/h8-11,16-17,19H,4-7,12-14H2,1-3H3. The van der Waals surface area contributed by atoms with Gasteiger partial charge in [0.2, 0.25) is 0 Å². The van der Waals surface area contributed by atoms with Crippen LogP contribution < -0.4 is 10.2 Å². The fraction of sp³-hybridized carbons (Fsp3) is 0.667. The zero-order valence-electron chi connectivity index (χ0n) is 13.4. The molecular weight excluding hydrogens is 244 g/mol. The van der Waals surface area contributed by atoms with Crippen LogP contribution in [-0.4, -0.2) is 25.7 Å². The number of nitrogens with one attached hydrogen (secondary N) is 1. The molecule has 0 amide bonds. The van der Waals surface area contributed by atoms with Crippen molar-refractivity contribution in [2.45, 2.75) is 52.5 Å². The van der Waals surface area contributed by atoms with Crippen molar-refractivity contribution in [1.29, 1.82) is 0 Å². The van der Waals surface area contributed by atoms with E-state index in [4.69, 9.17) is 0 Å². The van der Waals surface area contributed by atoms with Crippen molar-refractivity contribution in [3.63, 3.8) is 0 Å². The van der Waals surface area contributed by atoms with E-state index in [1.54, 1.807) is 0 Å². The van der Waals surface area contributed by atoms with Crippen LogP contribution in [-0.2, 0) is 0 Å². The maximum absolute atomic E-state index is 3.76. The van der Waals surface area contributed by atoms with Crippen LogP contribution in [0.5, 0.6) is 0 Å². The second-order valence-electron chi connectivity index (χ2n) is 6.34. The van der Waals surface area contributed by atoms with Gasteiger partial charge in [-0.2, -0.15) is 0 Å². The third-order valence-corrected chi connectivity index (χ3v) is 4.53. The van der Waals surface area contributed by atoms with Gasteiger partial charge < -0.3 is 10.2 Å². The molecule has 1 fully saturated rings. The number of benzene rings is 1. The molecule has 2 rings (SSSR count). The lowest BCUT2D eigenvalue weighted by atomic mass is 9.87. The van der Waals surface area contributed by atoms with E-state index in [1.165, 1.54) is 36.9 Å². The quantitative estimate of drug-likeness (QED) is 0.844. The SMILES string of the molecule is CCN(CCNC1CCCC(C)C1)c1ccc(C)cc1. The molecule has 2 nitrogen and oxygen atoms in total. The minimum Gasteiger partial charge on any atom is -0.371 e. The topological polar surface area (TPSA) is 15.3 Å². The molecule has 112 valence electrons. The lowest BCUT2D eigenvalue weighted by Crippen LogP contribution is -2.39. The summed E-state index contributed by atoms with van der Waals surface area (Å²) in [6.07, 6.45) is 5.54. The first-order valence-electron chi connectivity index (χ1n) is 8.24. The smallest absolute Gasteiger partial charge is 0.0366 e. The zero-order valence-corrected chi connectivity index (χ0v) is 13.4. The predicted octanol–water partition coefficient (Wildman–Crippen LogP) is 3.99. The number of aryl methyl sites for hydroxylation is 1. The highest BCUT2D eigenvalue weighted by atomic mass is 15.1. The molecule has 0 spiro atoms. The molecule has 1 aromatic rings. The molecule has 0 bridgehead atoms. The summed E-state index contributed by atoms with van der Waals surface area (Å²) in [7, 11) is 0. The van der Waals surface area contributed by atoms with E-state index >= 15 is 0 Å². The van der Waals surface area contributed by atoms with E-state index in [2.05, 4.69) is 55.3 Å². The van der Waals surface area contributed by atoms with Crippen LogP contribution in [0.1, 0.15) is 45.1 Å².